The van der Waals surface area contributed by atoms with Gasteiger partial charge in [0, 0.05) is 0 Å². The van der Waals surface area contributed by atoms with Gasteiger partial charge in [0.05, 0.1) is 5.41 Å². The van der Waals surface area contributed by atoms with E-state index in [0.29, 0.717) is 0 Å². The van der Waals surface area contributed by atoms with Crippen LogP contribution in [0.25, 0.3) is 0 Å². The van der Waals surface area contributed by atoms with Crippen LogP contribution in [0.4, 0.5) is 0 Å². The van der Waals surface area contributed by atoms with Crippen molar-refractivity contribution in [3.63, 3.8) is 0 Å². The van der Waals surface area contributed by atoms with Crippen LogP contribution in [0.3, 0.4) is 0 Å². The van der Waals surface area contributed by atoms with Gasteiger partial charge >= 0.3 is 0 Å². The number of nitrogens with one attached hydrogen (secondary N) is 2. The normalized spacial score (nSPS) is 10.0. The lowest BCUT2D eigenvalue weighted by Crippen LogP contribution is -2.26. The molecule has 3 nitrogen and oxygen atoms in total. The summed E-state index contributed by atoms with van der Waals surface area (Å²) in [6.45, 7) is 4.16. The zero-order valence-electron chi connectivity index (χ0n) is 13.4. The molecule has 0 heterocycles. The van der Waals surface area contributed by atoms with Crippen LogP contribution in [0.2, 0.25) is 0 Å². The molecule has 3 rings (SSSR count). The highest BCUT2D eigenvalue weighted by Crippen LogP contribution is 2.39. The molecule has 0 aliphatic carbocycles. The number of hydrogen-bond donors (Lipinski definition) is 2. The molecule has 0 amide bonds. The standard InChI is InChI=1S/C21H18.H2N3/c1-2-21(18-12-6-3-7-13-18,19-14-8-4-9-15-19)20-16-10-5-11-17-20;1-3-2/h2-17H,1H2;1-2H/q;+1. The Morgan fingerprint density at radius 1 is 0.625 bits per heavy atom. The Bertz CT molecular complexity index is 694. The van der Waals surface area contributed by atoms with Crippen molar-refractivity contribution in [3.05, 3.63) is 120 Å². The maximum atomic E-state index is 5.50. The van der Waals surface area contributed by atoms with E-state index in [1.165, 1.54) is 16.7 Å². The summed E-state index contributed by atoms with van der Waals surface area (Å²) in [6.07, 6.45) is 2.05. The van der Waals surface area contributed by atoms with Crippen molar-refractivity contribution in [3.8, 4) is 0 Å². The van der Waals surface area contributed by atoms with E-state index in [9.17, 15) is 0 Å². The Morgan fingerprint density at radius 2 is 0.875 bits per heavy atom. The predicted molar refractivity (Wildman–Crippen MR) is 97.0 cm³/mol. The second kappa shape index (κ2) is 8.37. The largest absolute Gasteiger partial charge is 0.211 e. The monoisotopic (exact) mass is 314 g/mol. The van der Waals surface area contributed by atoms with E-state index in [2.05, 4.69) is 79.4 Å². The predicted octanol–water partition coefficient (Wildman–Crippen LogP) is 5.32. The van der Waals surface area contributed by atoms with Crippen LogP contribution in [0.15, 0.2) is 104 Å². The highest BCUT2D eigenvalue weighted by atomic mass is 15.0. The molecule has 0 saturated carbocycles. The fourth-order valence-electron chi connectivity index (χ4n) is 2.96. The van der Waals surface area contributed by atoms with Crippen LogP contribution in [0, 0.1) is 11.1 Å². The fraction of sp³-hybridized carbons (Fsp3) is 0.0476. The smallest absolute Gasteiger partial charge is 0.102 e. The molecule has 2 N–H and O–H groups in total. The Hall–Kier alpha value is -3.29. The maximum Gasteiger partial charge on any atom is 0.211 e. The zero-order valence-corrected chi connectivity index (χ0v) is 13.4. The topological polar surface area (TPSA) is 61.8 Å². The Kier molecular flexibility index (Phi) is 5.95. The average Bonchev–Trinajstić information content (AvgIpc) is 2.66. The van der Waals surface area contributed by atoms with Crippen LogP contribution in [-0.4, -0.2) is 0 Å². The second-order valence-electron chi connectivity index (χ2n) is 5.22. The third-order valence-corrected chi connectivity index (χ3v) is 3.99. The Morgan fingerprint density at radius 3 is 1.08 bits per heavy atom. The summed E-state index contributed by atoms with van der Waals surface area (Å²) in [5.41, 5.74) is 14.4. The summed E-state index contributed by atoms with van der Waals surface area (Å²) in [5.74, 6) is 0. The van der Waals surface area contributed by atoms with Gasteiger partial charge in [0.25, 0.3) is 0 Å². The molecule has 0 saturated heterocycles. The van der Waals surface area contributed by atoms with E-state index < -0.39 is 0 Å². The van der Waals surface area contributed by atoms with Gasteiger partial charge in [-0.15, -0.1) is 6.58 Å². The summed E-state index contributed by atoms with van der Waals surface area (Å²) in [4.78, 5) is 2.00. The van der Waals surface area contributed by atoms with E-state index in [1.54, 1.807) is 0 Å². The molecule has 0 fully saturated rings. The van der Waals surface area contributed by atoms with E-state index in [-0.39, 0.29) is 5.41 Å². The number of benzene rings is 3. The minimum atomic E-state index is -0.316. The zero-order chi connectivity index (χ0) is 17.3. The number of rotatable bonds is 4. The first kappa shape index (κ1) is 17.1. The molecule has 3 aromatic carbocycles. The molecule has 0 atom stereocenters. The third kappa shape index (κ3) is 3.37. The SMILES string of the molecule is C=CC(c1ccccc1)(c1ccccc1)c1ccccc1.N=[N+]=N. The van der Waals surface area contributed by atoms with E-state index in [0.717, 1.165) is 0 Å². The highest BCUT2D eigenvalue weighted by Gasteiger charge is 2.32. The van der Waals surface area contributed by atoms with Gasteiger partial charge in [-0.05, 0) is 16.7 Å². The summed E-state index contributed by atoms with van der Waals surface area (Å²) in [7, 11) is 0. The molecule has 3 aromatic rings. The summed E-state index contributed by atoms with van der Waals surface area (Å²) >= 11 is 0. The lowest BCUT2D eigenvalue weighted by Gasteiger charge is -2.32. The first-order valence-electron chi connectivity index (χ1n) is 7.63. The minimum Gasteiger partial charge on any atom is -0.102 e. The number of nitrogens with zero attached hydrogens (tertiary/aromatic N) is 1. The second-order valence-corrected chi connectivity index (χ2v) is 5.22. The minimum absolute atomic E-state index is 0.316. The average molecular weight is 314 g/mol. The maximum absolute atomic E-state index is 5.50. The summed E-state index contributed by atoms with van der Waals surface area (Å²) in [5, 5.41) is 0. The van der Waals surface area contributed by atoms with Crippen LogP contribution in [0.5, 0.6) is 0 Å². The quantitative estimate of drug-likeness (QED) is 0.283. The van der Waals surface area contributed by atoms with Crippen molar-refractivity contribution in [2.24, 2.45) is 0 Å². The van der Waals surface area contributed by atoms with Crippen molar-refractivity contribution >= 4 is 0 Å². The molecule has 0 bridgehead atoms. The number of allylic oxidation sites excluding steroid dienone is 1. The van der Waals surface area contributed by atoms with Crippen LogP contribution in [-0.2, 0) is 5.41 Å². The van der Waals surface area contributed by atoms with Crippen molar-refractivity contribution < 1.29 is 0 Å². The van der Waals surface area contributed by atoms with Gasteiger partial charge in [0.2, 0.25) is 4.91 Å². The van der Waals surface area contributed by atoms with Crippen molar-refractivity contribution in [2.75, 3.05) is 0 Å². The molecular weight excluding hydrogens is 294 g/mol. The van der Waals surface area contributed by atoms with Crippen molar-refractivity contribution in [2.45, 2.75) is 5.41 Å². The van der Waals surface area contributed by atoms with Crippen molar-refractivity contribution in [1.82, 2.24) is 4.91 Å². The van der Waals surface area contributed by atoms with Gasteiger partial charge < -0.3 is 0 Å². The first-order chi connectivity index (χ1) is 11.8. The molecule has 0 aromatic heterocycles. The third-order valence-electron chi connectivity index (χ3n) is 3.99. The molecule has 118 valence electrons. The van der Waals surface area contributed by atoms with Gasteiger partial charge in [-0.1, -0.05) is 97.1 Å². The molecule has 0 unspecified atom stereocenters. The van der Waals surface area contributed by atoms with Gasteiger partial charge in [-0.3, -0.25) is 0 Å². The van der Waals surface area contributed by atoms with E-state index in [1.807, 2.05) is 29.2 Å². The molecule has 3 heteroatoms. The van der Waals surface area contributed by atoms with E-state index >= 15 is 0 Å². The van der Waals surface area contributed by atoms with E-state index in [4.69, 9.17) is 11.1 Å². The Labute approximate surface area is 142 Å². The molecule has 0 aliphatic heterocycles. The first-order valence-corrected chi connectivity index (χ1v) is 7.63. The number of hydrogen-bond acceptors (Lipinski definition) is 2. The molecule has 0 aliphatic rings. The Balaban J connectivity index is 0.000000647. The van der Waals surface area contributed by atoms with Crippen molar-refractivity contribution in [1.29, 1.82) is 11.1 Å². The van der Waals surface area contributed by atoms with Crippen LogP contribution < -0.4 is 4.91 Å². The van der Waals surface area contributed by atoms with Gasteiger partial charge in [-0.2, -0.15) is 0 Å². The molecule has 24 heavy (non-hydrogen) atoms. The fourth-order valence-corrected chi connectivity index (χ4v) is 2.96. The molecular formula is C21H20N3+. The van der Waals surface area contributed by atoms with Gasteiger partial charge in [0.15, 0.2) is 0 Å². The highest BCUT2D eigenvalue weighted by molar-refractivity contribution is 5.54. The van der Waals surface area contributed by atoms with Crippen LogP contribution in [0.1, 0.15) is 16.7 Å². The summed E-state index contributed by atoms with van der Waals surface area (Å²) < 4.78 is 0. The lowest BCUT2D eigenvalue weighted by atomic mass is 9.69. The molecule has 0 radical (unpaired) electrons. The lowest BCUT2D eigenvalue weighted by molar-refractivity contribution is 0.781. The summed E-state index contributed by atoms with van der Waals surface area (Å²) in [6, 6.07) is 31.7. The van der Waals surface area contributed by atoms with Gasteiger partial charge in [-0.25, -0.2) is 0 Å². The van der Waals surface area contributed by atoms with Crippen LogP contribution >= 0.6 is 0 Å². The molecule has 0 spiro atoms. The van der Waals surface area contributed by atoms with Gasteiger partial charge in [0.1, 0.15) is 11.1 Å².